The Kier molecular flexibility index (Phi) is 8.05. The van der Waals surface area contributed by atoms with Crippen LogP contribution in [0.4, 0.5) is 5.69 Å². The monoisotopic (exact) mass is 420 g/mol. The first-order valence-corrected chi connectivity index (χ1v) is 10.7. The van der Waals surface area contributed by atoms with E-state index in [0.717, 1.165) is 48.6 Å². The number of hydrogen-bond acceptors (Lipinski definition) is 8. The van der Waals surface area contributed by atoms with Crippen LogP contribution in [0.15, 0.2) is 47.4 Å². The number of anilines is 1. The number of benzene rings is 2. The molecule has 1 fully saturated rings. The standard InChI is InChI=1S/C20H24N2O4S2/c1-15(21-10-12-27-20-6-4-3-5-17(20)9-11-23)13-16-7-8-19(24-2)18(14-16)22-25-28-26-22/h3-8,11,14-15,21H,9-10,12-13H2,1-2H3/t15-/m1/s1. The van der Waals surface area contributed by atoms with Crippen LogP contribution in [0, 0.1) is 0 Å². The fourth-order valence-corrected chi connectivity index (χ4v) is 4.18. The van der Waals surface area contributed by atoms with Crippen molar-refractivity contribution in [3.05, 3.63) is 53.6 Å². The van der Waals surface area contributed by atoms with E-state index < -0.39 is 0 Å². The molecule has 1 atom stereocenters. The Labute approximate surface area is 174 Å². The van der Waals surface area contributed by atoms with Gasteiger partial charge in [-0.15, -0.1) is 20.3 Å². The summed E-state index contributed by atoms with van der Waals surface area (Å²) in [7, 11) is 1.63. The van der Waals surface area contributed by atoms with Gasteiger partial charge in [-0.25, -0.2) is 0 Å². The number of ether oxygens (including phenoxy) is 1. The Morgan fingerprint density at radius 2 is 2.11 bits per heavy atom. The quantitative estimate of drug-likeness (QED) is 0.253. The second-order valence-electron chi connectivity index (χ2n) is 6.37. The SMILES string of the molecule is COc1ccc(C[C@@H](C)NCCSc2ccccc2CC=O)cc1N1OSO1. The van der Waals surface area contributed by atoms with Crippen molar-refractivity contribution in [2.24, 2.45) is 0 Å². The van der Waals surface area contributed by atoms with Gasteiger partial charge in [-0.05, 0) is 42.7 Å². The predicted molar refractivity (Wildman–Crippen MR) is 113 cm³/mol. The van der Waals surface area contributed by atoms with Crippen molar-refractivity contribution in [2.45, 2.75) is 30.7 Å². The largest absolute Gasteiger partial charge is 0.494 e. The Bertz CT molecular complexity index is 787. The van der Waals surface area contributed by atoms with Crippen molar-refractivity contribution in [2.75, 3.05) is 24.6 Å². The van der Waals surface area contributed by atoms with Gasteiger partial charge in [-0.2, -0.15) is 0 Å². The van der Waals surface area contributed by atoms with Crippen LogP contribution in [0.5, 0.6) is 5.75 Å². The maximum absolute atomic E-state index is 10.8. The van der Waals surface area contributed by atoms with Crippen LogP contribution < -0.4 is 15.3 Å². The fraction of sp³-hybridized carbons (Fsp3) is 0.350. The molecule has 0 radical (unpaired) electrons. The van der Waals surface area contributed by atoms with Gasteiger partial charge in [0.05, 0.1) is 7.11 Å². The van der Waals surface area contributed by atoms with E-state index in [2.05, 4.69) is 24.4 Å². The number of nitrogens with zero attached hydrogens (tertiary/aromatic N) is 1. The summed E-state index contributed by atoms with van der Waals surface area (Å²) in [6.07, 6.45) is 2.30. The zero-order valence-electron chi connectivity index (χ0n) is 15.9. The Morgan fingerprint density at radius 3 is 2.82 bits per heavy atom. The van der Waals surface area contributed by atoms with Gasteiger partial charge < -0.3 is 14.8 Å². The third kappa shape index (κ3) is 5.65. The normalized spacial score (nSPS) is 14.4. The fourth-order valence-electron chi connectivity index (χ4n) is 2.94. The van der Waals surface area contributed by atoms with Crippen molar-refractivity contribution in [3.8, 4) is 5.75 Å². The molecule has 0 aromatic heterocycles. The van der Waals surface area contributed by atoms with Crippen molar-refractivity contribution in [1.29, 1.82) is 0 Å². The molecule has 0 amide bonds. The molecule has 8 heteroatoms. The maximum Gasteiger partial charge on any atom is 0.217 e. The Balaban J connectivity index is 1.47. The summed E-state index contributed by atoms with van der Waals surface area (Å²) in [5, 5.41) is 4.90. The third-order valence-corrected chi connectivity index (χ3v) is 5.82. The molecule has 2 aromatic carbocycles. The lowest BCUT2D eigenvalue weighted by molar-refractivity contribution is -0.107. The van der Waals surface area contributed by atoms with E-state index in [-0.39, 0.29) is 0 Å². The molecule has 1 aliphatic heterocycles. The number of rotatable bonds is 11. The zero-order valence-corrected chi connectivity index (χ0v) is 17.6. The summed E-state index contributed by atoms with van der Waals surface area (Å²) in [6, 6.07) is 14.4. The summed E-state index contributed by atoms with van der Waals surface area (Å²) in [5.74, 6) is 1.65. The van der Waals surface area contributed by atoms with Gasteiger partial charge in [0.1, 0.15) is 17.7 Å². The molecule has 2 aromatic rings. The van der Waals surface area contributed by atoms with E-state index >= 15 is 0 Å². The van der Waals surface area contributed by atoms with E-state index in [1.165, 1.54) is 15.7 Å². The van der Waals surface area contributed by atoms with Gasteiger partial charge in [0.2, 0.25) is 12.3 Å². The van der Waals surface area contributed by atoms with E-state index in [1.807, 2.05) is 30.3 Å². The van der Waals surface area contributed by atoms with Crippen LogP contribution in [0.25, 0.3) is 0 Å². The van der Waals surface area contributed by atoms with Gasteiger partial charge in [0.15, 0.2) is 0 Å². The van der Waals surface area contributed by atoms with Crippen LogP contribution in [-0.4, -0.2) is 31.7 Å². The maximum atomic E-state index is 10.8. The lowest BCUT2D eigenvalue weighted by Gasteiger charge is -2.28. The number of methoxy groups -OCH3 is 1. The van der Waals surface area contributed by atoms with Crippen LogP contribution in [0.2, 0.25) is 0 Å². The summed E-state index contributed by atoms with van der Waals surface area (Å²) >= 11 is 2.71. The number of aldehydes is 1. The highest BCUT2D eigenvalue weighted by atomic mass is 32.2. The van der Waals surface area contributed by atoms with Crippen molar-refractivity contribution in [1.82, 2.24) is 5.32 Å². The minimum atomic E-state index is 0.319. The van der Waals surface area contributed by atoms with Gasteiger partial charge in [0.25, 0.3) is 0 Å². The van der Waals surface area contributed by atoms with Gasteiger partial charge in [-0.3, -0.25) is 0 Å². The van der Waals surface area contributed by atoms with E-state index in [9.17, 15) is 4.79 Å². The molecule has 1 saturated heterocycles. The number of thioether (sulfide) groups is 1. The molecule has 28 heavy (non-hydrogen) atoms. The first-order chi connectivity index (χ1) is 13.7. The molecular weight excluding hydrogens is 396 g/mol. The van der Waals surface area contributed by atoms with Crippen molar-refractivity contribution >= 4 is 36.1 Å². The average Bonchev–Trinajstić information content (AvgIpc) is 2.66. The molecule has 3 rings (SSSR count). The molecule has 150 valence electrons. The topological polar surface area (TPSA) is 60.0 Å². The molecule has 0 saturated carbocycles. The van der Waals surface area contributed by atoms with E-state index in [4.69, 9.17) is 13.3 Å². The lowest BCUT2D eigenvalue weighted by Crippen LogP contribution is -2.30. The molecule has 1 heterocycles. The predicted octanol–water partition coefficient (Wildman–Crippen LogP) is 4.00. The number of carbonyl (C=O) groups is 1. The Hall–Kier alpha value is -1.71. The smallest absolute Gasteiger partial charge is 0.217 e. The van der Waals surface area contributed by atoms with Crippen LogP contribution in [0.1, 0.15) is 18.1 Å². The number of hydrogen-bond donors (Lipinski definition) is 1. The molecule has 0 unspecified atom stereocenters. The number of carbonyl (C=O) groups excluding carboxylic acids is 1. The van der Waals surface area contributed by atoms with Crippen molar-refractivity contribution < 1.29 is 18.1 Å². The van der Waals surface area contributed by atoms with Crippen LogP contribution in [0.3, 0.4) is 0 Å². The molecule has 0 bridgehead atoms. The molecule has 1 N–H and O–H groups in total. The molecule has 6 nitrogen and oxygen atoms in total. The number of nitrogens with one attached hydrogen (secondary N) is 1. The minimum Gasteiger partial charge on any atom is -0.494 e. The van der Waals surface area contributed by atoms with E-state index in [0.29, 0.717) is 18.2 Å². The summed E-state index contributed by atoms with van der Waals surface area (Å²) in [5.41, 5.74) is 3.02. The van der Waals surface area contributed by atoms with Crippen LogP contribution in [-0.2, 0) is 26.2 Å². The van der Waals surface area contributed by atoms with Crippen molar-refractivity contribution in [3.63, 3.8) is 0 Å². The van der Waals surface area contributed by atoms with Gasteiger partial charge in [-0.1, -0.05) is 29.5 Å². The highest BCUT2D eigenvalue weighted by molar-refractivity contribution is 7.99. The third-order valence-electron chi connectivity index (χ3n) is 4.31. The second kappa shape index (κ2) is 10.7. The highest BCUT2D eigenvalue weighted by Crippen LogP contribution is 2.37. The van der Waals surface area contributed by atoms with Gasteiger partial charge >= 0.3 is 0 Å². The van der Waals surface area contributed by atoms with Gasteiger partial charge in [0, 0.05) is 29.7 Å². The molecular formula is C20H24N2O4S2. The first-order valence-electron chi connectivity index (χ1n) is 9.07. The average molecular weight is 421 g/mol. The molecule has 0 spiro atoms. The Morgan fingerprint density at radius 1 is 1.29 bits per heavy atom. The zero-order chi connectivity index (χ0) is 19.8. The second-order valence-corrected chi connectivity index (χ2v) is 7.94. The first kappa shape index (κ1) is 21.0. The van der Waals surface area contributed by atoms with E-state index in [1.54, 1.807) is 18.9 Å². The minimum absolute atomic E-state index is 0.319. The lowest BCUT2D eigenvalue weighted by atomic mass is 10.1. The molecule has 0 aliphatic carbocycles. The summed E-state index contributed by atoms with van der Waals surface area (Å²) in [4.78, 5) is 12.0. The van der Waals surface area contributed by atoms with Crippen LogP contribution >= 0.6 is 24.1 Å². The highest BCUT2D eigenvalue weighted by Gasteiger charge is 2.24. The summed E-state index contributed by atoms with van der Waals surface area (Å²) in [6.45, 7) is 3.06. The summed E-state index contributed by atoms with van der Waals surface area (Å²) < 4.78 is 15.7. The molecule has 1 aliphatic rings.